The molecule has 9 nitrogen and oxygen atoms in total. The Labute approximate surface area is 149 Å². The van der Waals surface area contributed by atoms with E-state index in [-0.39, 0.29) is 30.2 Å². The van der Waals surface area contributed by atoms with E-state index in [1.54, 1.807) is 24.3 Å². The highest BCUT2D eigenvalue weighted by Gasteiger charge is 2.11. The lowest BCUT2D eigenvalue weighted by Gasteiger charge is -2.06. The molecule has 9 heteroatoms. The van der Waals surface area contributed by atoms with Gasteiger partial charge in [0, 0.05) is 23.6 Å². The van der Waals surface area contributed by atoms with E-state index < -0.39 is 5.91 Å². The molecule has 2 aromatic rings. The van der Waals surface area contributed by atoms with Crippen molar-refractivity contribution in [3.05, 3.63) is 64.0 Å². The van der Waals surface area contributed by atoms with Crippen LogP contribution in [0.25, 0.3) is 10.4 Å². The molecule has 0 unspecified atom stereocenters. The van der Waals surface area contributed by atoms with Crippen molar-refractivity contribution in [1.82, 2.24) is 5.32 Å². The van der Waals surface area contributed by atoms with Crippen LogP contribution in [0, 0.1) is 0 Å². The summed E-state index contributed by atoms with van der Waals surface area (Å²) in [5.41, 5.74) is 9.72. The van der Waals surface area contributed by atoms with Gasteiger partial charge in [-0.2, -0.15) is 10.2 Å². The Balaban J connectivity index is 2.11. The predicted octanol–water partition coefficient (Wildman–Crippen LogP) is 4.05. The number of phenolic OH excluding ortho intramolecular Hbond substituents is 1. The third kappa shape index (κ3) is 5.15. The lowest BCUT2D eigenvalue weighted by molar-refractivity contribution is 0.0951. The molecule has 0 saturated carbocycles. The molecule has 0 atom stereocenters. The number of hydrogen-bond acceptors (Lipinski definition) is 6. The number of amides is 1. The SMILES string of the molecule is CC(=O)c1ccc(N=Nc2ccc(O)c(C(=O)NCCN=[N+]=[N-])c2)cc1. The van der Waals surface area contributed by atoms with Crippen molar-refractivity contribution >= 4 is 23.1 Å². The molecule has 0 aliphatic heterocycles. The molecule has 0 bridgehead atoms. The molecule has 0 aliphatic carbocycles. The number of carbonyl (C=O) groups excluding carboxylic acids is 2. The number of Topliss-reactive ketones (excluding diaryl/α,β-unsaturated/α-hetero) is 1. The summed E-state index contributed by atoms with van der Waals surface area (Å²) in [6, 6.07) is 10.9. The Hall–Kier alpha value is -3.71. The minimum absolute atomic E-state index is 0.0364. The number of carbonyl (C=O) groups is 2. The van der Waals surface area contributed by atoms with Crippen LogP contribution in [0.2, 0.25) is 0 Å². The monoisotopic (exact) mass is 352 g/mol. The van der Waals surface area contributed by atoms with E-state index in [0.717, 1.165) is 0 Å². The zero-order valence-electron chi connectivity index (χ0n) is 14.0. The van der Waals surface area contributed by atoms with Gasteiger partial charge in [0.15, 0.2) is 5.78 Å². The van der Waals surface area contributed by atoms with Gasteiger partial charge in [-0.3, -0.25) is 9.59 Å². The summed E-state index contributed by atoms with van der Waals surface area (Å²) in [5, 5.41) is 23.7. The smallest absolute Gasteiger partial charge is 0.255 e. The first-order valence-corrected chi connectivity index (χ1v) is 7.66. The number of azo groups is 1. The second-order valence-electron chi connectivity index (χ2n) is 5.21. The van der Waals surface area contributed by atoms with E-state index in [0.29, 0.717) is 16.9 Å². The van der Waals surface area contributed by atoms with E-state index >= 15 is 0 Å². The van der Waals surface area contributed by atoms with Gasteiger partial charge in [0.25, 0.3) is 5.91 Å². The van der Waals surface area contributed by atoms with Crippen LogP contribution in [0.1, 0.15) is 27.6 Å². The van der Waals surface area contributed by atoms with Crippen molar-refractivity contribution in [2.75, 3.05) is 13.1 Å². The molecule has 0 saturated heterocycles. The molecule has 2 rings (SSSR count). The molecule has 0 spiro atoms. The molecule has 0 heterocycles. The summed E-state index contributed by atoms with van der Waals surface area (Å²) in [6.07, 6.45) is 0. The second-order valence-corrected chi connectivity index (χ2v) is 5.21. The average molecular weight is 352 g/mol. The van der Waals surface area contributed by atoms with Gasteiger partial charge in [0.05, 0.1) is 16.9 Å². The first-order valence-electron chi connectivity index (χ1n) is 7.66. The van der Waals surface area contributed by atoms with E-state index in [1.165, 1.54) is 25.1 Å². The molecule has 2 aromatic carbocycles. The molecule has 0 radical (unpaired) electrons. The van der Waals surface area contributed by atoms with Crippen LogP contribution in [0.4, 0.5) is 11.4 Å². The molecule has 26 heavy (non-hydrogen) atoms. The number of aromatic hydroxyl groups is 1. The van der Waals surface area contributed by atoms with Crippen molar-refractivity contribution in [2.24, 2.45) is 15.3 Å². The van der Waals surface area contributed by atoms with Crippen LogP contribution in [-0.2, 0) is 0 Å². The summed E-state index contributed by atoms with van der Waals surface area (Å²) in [6.45, 7) is 1.74. The van der Waals surface area contributed by atoms with Crippen LogP contribution < -0.4 is 5.32 Å². The van der Waals surface area contributed by atoms with Gasteiger partial charge in [-0.15, -0.1) is 0 Å². The summed E-state index contributed by atoms with van der Waals surface area (Å²) in [4.78, 5) is 25.9. The van der Waals surface area contributed by atoms with Crippen LogP contribution >= 0.6 is 0 Å². The number of benzene rings is 2. The van der Waals surface area contributed by atoms with E-state index in [9.17, 15) is 14.7 Å². The fourth-order valence-corrected chi connectivity index (χ4v) is 2.01. The number of rotatable bonds is 7. The number of ketones is 1. The maximum absolute atomic E-state index is 12.0. The summed E-state index contributed by atoms with van der Waals surface area (Å²) >= 11 is 0. The normalized spacial score (nSPS) is 10.3. The van der Waals surface area contributed by atoms with Gasteiger partial charge >= 0.3 is 0 Å². The van der Waals surface area contributed by atoms with Gasteiger partial charge in [0.1, 0.15) is 5.75 Å². The largest absolute Gasteiger partial charge is 0.507 e. The summed E-state index contributed by atoms with van der Waals surface area (Å²) < 4.78 is 0. The van der Waals surface area contributed by atoms with Gasteiger partial charge in [-0.05, 0) is 54.9 Å². The molecule has 0 fully saturated rings. The lowest BCUT2D eigenvalue weighted by atomic mass is 10.1. The molecular formula is C17H16N6O3. The fourth-order valence-electron chi connectivity index (χ4n) is 2.01. The minimum Gasteiger partial charge on any atom is -0.507 e. The van der Waals surface area contributed by atoms with Crippen molar-refractivity contribution in [3.8, 4) is 5.75 Å². The van der Waals surface area contributed by atoms with Crippen LogP contribution in [-0.4, -0.2) is 29.9 Å². The predicted molar refractivity (Wildman–Crippen MR) is 95.1 cm³/mol. The van der Waals surface area contributed by atoms with Gasteiger partial charge in [-0.25, -0.2) is 0 Å². The highest BCUT2D eigenvalue weighted by molar-refractivity contribution is 5.97. The third-order valence-corrected chi connectivity index (χ3v) is 3.34. The van der Waals surface area contributed by atoms with E-state index in [2.05, 4.69) is 25.6 Å². The standard InChI is InChI=1S/C17H16N6O3/c1-11(24)12-2-4-13(5-3-12)21-22-14-6-7-16(25)15(10-14)17(26)19-8-9-20-23-18/h2-7,10,25H,8-9H2,1H3,(H,19,26). The van der Waals surface area contributed by atoms with E-state index in [1.807, 2.05) is 0 Å². The highest BCUT2D eigenvalue weighted by Crippen LogP contribution is 2.25. The number of phenols is 1. The Morgan fingerprint density at radius 1 is 1.12 bits per heavy atom. The maximum atomic E-state index is 12.0. The average Bonchev–Trinajstić information content (AvgIpc) is 2.64. The summed E-state index contributed by atoms with van der Waals surface area (Å²) in [5.74, 6) is -0.752. The first kappa shape index (κ1) is 18.6. The number of nitrogens with zero attached hydrogens (tertiary/aromatic N) is 5. The Morgan fingerprint density at radius 3 is 2.42 bits per heavy atom. The van der Waals surface area contributed by atoms with Crippen molar-refractivity contribution < 1.29 is 14.7 Å². The van der Waals surface area contributed by atoms with Crippen molar-refractivity contribution in [2.45, 2.75) is 6.92 Å². The second kappa shape index (κ2) is 8.95. The zero-order valence-corrected chi connectivity index (χ0v) is 14.0. The number of azide groups is 1. The Bertz CT molecular complexity index is 886. The molecular weight excluding hydrogens is 336 g/mol. The number of hydrogen-bond donors (Lipinski definition) is 2. The maximum Gasteiger partial charge on any atom is 0.255 e. The third-order valence-electron chi connectivity index (χ3n) is 3.34. The van der Waals surface area contributed by atoms with Crippen LogP contribution in [0.15, 0.2) is 57.8 Å². The molecule has 1 amide bonds. The quantitative estimate of drug-likeness (QED) is 0.255. The van der Waals surface area contributed by atoms with Gasteiger partial charge in [0.2, 0.25) is 0 Å². The lowest BCUT2D eigenvalue weighted by Crippen LogP contribution is -2.25. The Morgan fingerprint density at radius 2 is 1.77 bits per heavy atom. The zero-order chi connectivity index (χ0) is 18.9. The molecule has 0 aliphatic rings. The van der Waals surface area contributed by atoms with E-state index in [4.69, 9.17) is 5.53 Å². The molecule has 0 aromatic heterocycles. The summed E-state index contributed by atoms with van der Waals surface area (Å²) in [7, 11) is 0. The van der Waals surface area contributed by atoms with Crippen LogP contribution in [0.5, 0.6) is 5.75 Å². The fraction of sp³-hybridized carbons (Fsp3) is 0.176. The van der Waals surface area contributed by atoms with Crippen LogP contribution in [0.3, 0.4) is 0 Å². The minimum atomic E-state index is -0.515. The van der Waals surface area contributed by atoms with Crippen molar-refractivity contribution in [1.29, 1.82) is 0 Å². The topological polar surface area (TPSA) is 140 Å². The first-order chi connectivity index (χ1) is 12.5. The van der Waals surface area contributed by atoms with Gasteiger partial charge in [-0.1, -0.05) is 5.11 Å². The molecule has 132 valence electrons. The Kier molecular flexibility index (Phi) is 6.41. The highest BCUT2D eigenvalue weighted by atomic mass is 16.3. The molecule has 2 N–H and O–H groups in total. The number of nitrogens with one attached hydrogen (secondary N) is 1. The van der Waals surface area contributed by atoms with Gasteiger partial charge < -0.3 is 10.4 Å². The van der Waals surface area contributed by atoms with Crippen molar-refractivity contribution in [3.63, 3.8) is 0 Å².